The van der Waals surface area contributed by atoms with E-state index in [0.717, 1.165) is 16.7 Å². The van der Waals surface area contributed by atoms with E-state index in [4.69, 9.17) is 12.2 Å². The second kappa shape index (κ2) is 8.60. The minimum Gasteiger partial charge on any atom is -0.356 e. The van der Waals surface area contributed by atoms with E-state index in [0.29, 0.717) is 11.2 Å². The number of hydrogen-bond donors (Lipinski definition) is 3. The Bertz CT molecular complexity index is 671. The van der Waals surface area contributed by atoms with E-state index in [9.17, 15) is 0 Å². The number of halogens is 1. The molecule has 0 radical (unpaired) electrons. The zero-order chi connectivity index (χ0) is 16.8. The standard InChI is InChI=1S/C19H22BrN3S/c20-16-9-6-10-17(13-16)22-19(24)21-14-18(23-11-4-5-12-23)15-7-2-1-3-8-15/h1-3,6-10,13,18H,4-5,11-12,14H2,(H2,21,22,24)/p+1/t18-/m1/s1. The van der Waals surface area contributed by atoms with Gasteiger partial charge in [0.1, 0.15) is 6.04 Å². The molecule has 2 aromatic rings. The van der Waals surface area contributed by atoms with Crippen molar-refractivity contribution >= 4 is 38.9 Å². The maximum atomic E-state index is 5.48. The molecule has 1 saturated heterocycles. The number of anilines is 1. The lowest BCUT2D eigenvalue weighted by Gasteiger charge is -2.26. The van der Waals surface area contributed by atoms with E-state index in [-0.39, 0.29) is 0 Å². The smallest absolute Gasteiger partial charge is 0.171 e. The van der Waals surface area contributed by atoms with Gasteiger partial charge in [-0.1, -0.05) is 52.3 Å². The van der Waals surface area contributed by atoms with Crippen molar-refractivity contribution in [2.75, 3.05) is 25.0 Å². The average molecular weight is 405 g/mol. The van der Waals surface area contributed by atoms with Crippen LogP contribution in [0.25, 0.3) is 0 Å². The quantitative estimate of drug-likeness (QED) is 0.668. The molecule has 1 heterocycles. The number of likely N-dealkylation sites (tertiary alicyclic amines) is 1. The van der Waals surface area contributed by atoms with Crippen LogP contribution in [0.2, 0.25) is 0 Å². The molecule has 0 spiro atoms. The molecule has 0 bridgehead atoms. The van der Waals surface area contributed by atoms with Gasteiger partial charge in [-0.05, 0) is 30.4 Å². The molecule has 126 valence electrons. The highest BCUT2D eigenvalue weighted by atomic mass is 79.9. The maximum Gasteiger partial charge on any atom is 0.171 e. The molecule has 1 aliphatic rings. The topological polar surface area (TPSA) is 28.5 Å². The van der Waals surface area contributed by atoms with E-state index in [1.54, 1.807) is 4.90 Å². The number of benzene rings is 2. The van der Waals surface area contributed by atoms with Gasteiger partial charge < -0.3 is 15.5 Å². The van der Waals surface area contributed by atoms with E-state index in [1.165, 1.54) is 31.5 Å². The molecule has 24 heavy (non-hydrogen) atoms. The molecule has 1 atom stereocenters. The van der Waals surface area contributed by atoms with Crippen LogP contribution in [0.5, 0.6) is 0 Å². The van der Waals surface area contributed by atoms with Gasteiger partial charge >= 0.3 is 0 Å². The molecule has 3 nitrogen and oxygen atoms in total. The summed E-state index contributed by atoms with van der Waals surface area (Å²) in [4.78, 5) is 1.65. The first-order chi connectivity index (χ1) is 11.7. The van der Waals surface area contributed by atoms with Gasteiger partial charge in [0.2, 0.25) is 0 Å². The van der Waals surface area contributed by atoms with Crippen LogP contribution in [0, 0.1) is 0 Å². The van der Waals surface area contributed by atoms with Gasteiger partial charge in [0.05, 0.1) is 19.6 Å². The number of quaternary nitrogens is 1. The number of thiocarbonyl (C=S) groups is 1. The molecule has 1 fully saturated rings. The largest absolute Gasteiger partial charge is 0.356 e. The zero-order valence-electron chi connectivity index (χ0n) is 13.6. The molecule has 1 aliphatic heterocycles. The lowest BCUT2D eigenvalue weighted by atomic mass is 10.1. The number of hydrogen-bond acceptors (Lipinski definition) is 1. The summed E-state index contributed by atoms with van der Waals surface area (Å²) in [5.41, 5.74) is 2.37. The molecule has 5 heteroatoms. The fourth-order valence-electron chi connectivity index (χ4n) is 3.30. The minimum atomic E-state index is 0.441. The van der Waals surface area contributed by atoms with Crippen LogP contribution in [-0.2, 0) is 0 Å². The van der Waals surface area contributed by atoms with Gasteiger partial charge in [-0.25, -0.2) is 0 Å². The van der Waals surface area contributed by atoms with Gasteiger partial charge in [-0.15, -0.1) is 0 Å². The van der Waals surface area contributed by atoms with Crippen molar-refractivity contribution in [2.24, 2.45) is 0 Å². The second-order valence-corrected chi connectivity index (χ2v) is 7.50. The van der Waals surface area contributed by atoms with Crippen LogP contribution in [0.15, 0.2) is 59.1 Å². The monoisotopic (exact) mass is 404 g/mol. The van der Waals surface area contributed by atoms with Crippen molar-refractivity contribution in [1.82, 2.24) is 5.32 Å². The minimum absolute atomic E-state index is 0.441. The highest BCUT2D eigenvalue weighted by Crippen LogP contribution is 2.15. The summed E-state index contributed by atoms with van der Waals surface area (Å²) in [6, 6.07) is 19.2. The molecule has 0 saturated carbocycles. The fourth-order valence-corrected chi connectivity index (χ4v) is 3.90. The Kier molecular flexibility index (Phi) is 6.24. The Morgan fingerprint density at radius 3 is 2.54 bits per heavy atom. The van der Waals surface area contributed by atoms with Crippen LogP contribution in [-0.4, -0.2) is 24.7 Å². The molecule has 2 aromatic carbocycles. The maximum absolute atomic E-state index is 5.48. The summed E-state index contributed by atoms with van der Waals surface area (Å²) in [7, 11) is 0. The van der Waals surface area contributed by atoms with Crippen LogP contribution < -0.4 is 15.5 Å². The van der Waals surface area contributed by atoms with Gasteiger partial charge in [-0.2, -0.15) is 0 Å². The third-order valence-electron chi connectivity index (χ3n) is 4.49. The van der Waals surface area contributed by atoms with Gasteiger partial charge in [-0.3, -0.25) is 0 Å². The van der Waals surface area contributed by atoms with Crippen molar-refractivity contribution in [1.29, 1.82) is 0 Å². The normalized spacial score (nSPS) is 15.9. The Hall–Kier alpha value is -1.43. The van der Waals surface area contributed by atoms with Crippen molar-refractivity contribution in [2.45, 2.75) is 18.9 Å². The summed E-state index contributed by atoms with van der Waals surface area (Å²) < 4.78 is 1.04. The molecular weight excluding hydrogens is 382 g/mol. The summed E-state index contributed by atoms with van der Waals surface area (Å²) >= 11 is 8.96. The number of rotatable bonds is 5. The highest BCUT2D eigenvalue weighted by molar-refractivity contribution is 9.10. The van der Waals surface area contributed by atoms with E-state index >= 15 is 0 Å². The van der Waals surface area contributed by atoms with E-state index in [1.807, 2.05) is 24.3 Å². The summed E-state index contributed by atoms with van der Waals surface area (Å²) in [6.45, 7) is 3.33. The second-order valence-electron chi connectivity index (χ2n) is 6.17. The predicted molar refractivity (Wildman–Crippen MR) is 107 cm³/mol. The van der Waals surface area contributed by atoms with Crippen molar-refractivity contribution in [3.05, 3.63) is 64.6 Å². The van der Waals surface area contributed by atoms with Crippen LogP contribution in [0.3, 0.4) is 0 Å². The van der Waals surface area contributed by atoms with Crippen LogP contribution in [0.1, 0.15) is 24.4 Å². The van der Waals surface area contributed by atoms with Gasteiger partial charge in [0.25, 0.3) is 0 Å². The third kappa shape index (κ3) is 4.79. The summed E-state index contributed by atoms with van der Waals surface area (Å²) in [5.74, 6) is 0. The van der Waals surface area contributed by atoms with Crippen molar-refractivity contribution < 1.29 is 4.90 Å². The lowest BCUT2D eigenvalue weighted by molar-refractivity contribution is -0.918. The number of nitrogens with one attached hydrogen (secondary N) is 3. The Morgan fingerprint density at radius 2 is 1.83 bits per heavy atom. The van der Waals surface area contributed by atoms with Gasteiger partial charge in [0, 0.05) is 28.6 Å². The third-order valence-corrected chi connectivity index (χ3v) is 5.23. The molecule has 0 aromatic heterocycles. The van der Waals surface area contributed by atoms with Gasteiger partial charge in [0.15, 0.2) is 5.11 Å². The molecule has 0 aliphatic carbocycles. The van der Waals surface area contributed by atoms with Crippen molar-refractivity contribution in [3.8, 4) is 0 Å². The Morgan fingerprint density at radius 1 is 1.08 bits per heavy atom. The summed E-state index contributed by atoms with van der Waals surface area (Å²) in [6.07, 6.45) is 2.64. The Balaban J connectivity index is 1.61. The van der Waals surface area contributed by atoms with Crippen LogP contribution in [0.4, 0.5) is 5.69 Å². The van der Waals surface area contributed by atoms with E-state index in [2.05, 4.69) is 56.9 Å². The first-order valence-electron chi connectivity index (χ1n) is 8.42. The Labute approximate surface area is 157 Å². The molecule has 0 unspecified atom stereocenters. The highest BCUT2D eigenvalue weighted by Gasteiger charge is 2.27. The lowest BCUT2D eigenvalue weighted by Crippen LogP contribution is -3.11. The zero-order valence-corrected chi connectivity index (χ0v) is 16.0. The summed E-state index contributed by atoms with van der Waals surface area (Å²) in [5, 5.41) is 7.35. The first-order valence-corrected chi connectivity index (χ1v) is 9.62. The molecular formula is C19H23BrN3S+. The molecule has 3 N–H and O–H groups in total. The average Bonchev–Trinajstić information content (AvgIpc) is 3.10. The SMILES string of the molecule is S=C(NC[C@H](c1ccccc1)[NH+]1CCCC1)Nc1cccc(Br)c1. The molecule has 3 rings (SSSR count). The predicted octanol–water partition coefficient (Wildman–Crippen LogP) is 3.16. The van der Waals surface area contributed by atoms with Crippen LogP contribution >= 0.6 is 28.1 Å². The van der Waals surface area contributed by atoms with E-state index < -0.39 is 0 Å². The fraction of sp³-hybridized carbons (Fsp3) is 0.316. The molecule has 0 amide bonds. The van der Waals surface area contributed by atoms with Crippen molar-refractivity contribution in [3.63, 3.8) is 0 Å². The first kappa shape index (κ1) is 17.4.